The van der Waals surface area contributed by atoms with E-state index in [-0.39, 0.29) is 5.60 Å². The fourth-order valence-electron chi connectivity index (χ4n) is 3.03. The predicted molar refractivity (Wildman–Crippen MR) is 69.3 cm³/mol. The molecule has 0 spiro atoms. The van der Waals surface area contributed by atoms with Crippen LogP contribution in [-0.4, -0.2) is 25.3 Å². The van der Waals surface area contributed by atoms with E-state index >= 15 is 0 Å². The molecule has 1 saturated heterocycles. The van der Waals surface area contributed by atoms with Crippen molar-refractivity contribution in [2.75, 3.05) is 19.7 Å². The second-order valence-electron chi connectivity index (χ2n) is 5.63. The lowest BCUT2D eigenvalue weighted by atomic mass is 9.77. The SMILES string of the molecule is CC1(CNCC2Cc3ccccc32)CCCO1. The average Bonchev–Trinajstić information content (AvgIpc) is 2.72. The first-order chi connectivity index (χ1) is 8.27. The second kappa shape index (κ2) is 4.43. The van der Waals surface area contributed by atoms with Crippen molar-refractivity contribution in [3.05, 3.63) is 35.4 Å². The molecule has 1 fully saturated rings. The number of benzene rings is 1. The van der Waals surface area contributed by atoms with E-state index in [2.05, 4.69) is 36.5 Å². The third-order valence-electron chi connectivity index (χ3n) is 4.15. The van der Waals surface area contributed by atoms with Gasteiger partial charge in [-0.15, -0.1) is 0 Å². The van der Waals surface area contributed by atoms with Gasteiger partial charge in [-0.3, -0.25) is 0 Å². The molecule has 17 heavy (non-hydrogen) atoms. The molecule has 1 aromatic carbocycles. The Hall–Kier alpha value is -0.860. The fraction of sp³-hybridized carbons (Fsp3) is 0.600. The van der Waals surface area contributed by atoms with E-state index in [1.165, 1.54) is 30.4 Å². The number of rotatable bonds is 4. The van der Waals surface area contributed by atoms with E-state index < -0.39 is 0 Å². The van der Waals surface area contributed by atoms with Crippen molar-refractivity contribution in [1.82, 2.24) is 5.32 Å². The molecule has 0 bridgehead atoms. The largest absolute Gasteiger partial charge is 0.374 e. The van der Waals surface area contributed by atoms with Gasteiger partial charge in [0.2, 0.25) is 0 Å². The Morgan fingerprint density at radius 1 is 1.41 bits per heavy atom. The van der Waals surface area contributed by atoms with Crippen molar-refractivity contribution in [2.45, 2.75) is 37.7 Å². The molecule has 0 aromatic heterocycles. The molecule has 2 unspecified atom stereocenters. The third-order valence-corrected chi connectivity index (χ3v) is 4.15. The summed E-state index contributed by atoms with van der Waals surface area (Å²) < 4.78 is 5.78. The zero-order valence-corrected chi connectivity index (χ0v) is 10.5. The minimum Gasteiger partial charge on any atom is -0.374 e. The van der Waals surface area contributed by atoms with E-state index in [1.54, 1.807) is 0 Å². The summed E-state index contributed by atoms with van der Waals surface area (Å²) in [4.78, 5) is 0. The molecule has 1 aromatic rings. The van der Waals surface area contributed by atoms with Crippen LogP contribution in [-0.2, 0) is 11.2 Å². The first-order valence-corrected chi connectivity index (χ1v) is 6.69. The number of hydrogen-bond acceptors (Lipinski definition) is 2. The molecular weight excluding hydrogens is 210 g/mol. The summed E-state index contributed by atoms with van der Waals surface area (Å²) in [6.45, 7) is 5.24. The Morgan fingerprint density at radius 2 is 2.29 bits per heavy atom. The van der Waals surface area contributed by atoms with Crippen LogP contribution < -0.4 is 5.32 Å². The molecule has 1 aliphatic heterocycles. The van der Waals surface area contributed by atoms with Gasteiger partial charge in [0.1, 0.15) is 0 Å². The molecule has 0 saturated carbocycles. The Bertz CT molecular complexity index is 396. The van der Waals surface area contributed by atoms with Gasteiger partial charge in [0.05, 0.1) is 5.60 Å². The molecule has 92 valence electrons. The maximum atomic E-state index is 5.78. The van der Waals surface area contributed by atoms with Crippen LogP contribution in [0.3, 0.4) is 0 Å². The van der Waals surface area contributed by atoms with Gasteiger partial charge < -0.3 is 10.1 Å². The first kappa shape index (κ1) is 11.2. The lowest BCUT2D eigenvalue weighted by molar-refractivity contribution is 0.0207. The van der Waals surface area contributed by atoms with Crippen molar-refractivity contribution in [3.8, 4) is 0 Å². The number of fused-ring (bicyclic) bond motifs is 1. The molecule has 2 nitrogen and oxygen atoms in total. The summed E-state index contributed by atoms with van der Waals surface area (Å²) in [5, 5.41) is 3.59. The van der Waals surface area contributed by atoms with Crippen LogP contribution >= 0.6 is 0 Å². The Balaban J connectivity index is 1.48. The molecule has 2 aliphatic rings. The second-order valence-corrected chi connectivity index (χ2v) is 5.63. The van der Waals surface area contributed by atoms with Crippen LogP contribution in [0.15, 0.2) is 24.3 Å². The van der Waals surface area contributed by atoms with E-state index in [4.69, 9.17) is 4.74 Å². The first-order valence-electron chi connectivity index (χ1n) is 6.69. The fourth-order valence-corrected chi connectivity index (χ4v) is 3.03. The third kappa shape index (κ3) is 2.24. The summed E-state index contributed by atoms with van der Waals surface area (Å²) >= 11 is 0. The topological polar surface area (TPSA) is 21.3 Å². The van der Waals surface area contributed by atoms with E-state index in [1.807, 2.05) is 0 Å². The van der Waals surface area contributed by atoms with Crippen LogP contribution in [0.2, 0.25) is 0 Å². The highest BCUT2D eigenvalue weighted by atomic mass is 16.5. The predicted octanol–water partition coefficient (Wildman–Crippen LogP) is 2.49. The van der Waals surface area contributed by atoms with E-state index in [0.29, 0.717) is 0 Å². The minimum atomic E-state index is 0.0866. The monoisotopic (exact) mass is 231 g/mol. The normalized spacial score (nSPS) is 31.0. The Kier molecular flexibility index (Phi) is 2.93. The van der Waals surface area contributed by atoms with Gasteiger partial charge in [-0.1, -0.05) is 24.3 Å². The lowest BCUT2D eigenvalue weighted by Gasteiger charge is -2.32. The zero-order chi connectivity index (χ0) is 11.7. The van der Waals surface area contributed by atoms with E-state index in [0.717, 1.165) is 25.6 Å². The van der Waals surface area contributed by atoms with Crippen LogP contribution in [0, 0.1) is 0 Å². The van der Waals surface area contributed by atoms with Crippen molar-refractivity contribution >= 4 is 0 Å². The van der Waals surface area contributed by atoms with Crippen LogP contribution in [0.1, 0.15) is 36.8 Å². The standard InChI is InChI=1S/C15H21NO/c1-15(7-4-8-17-15)11-16-10-13-9-12-5-2-3-6-14(12)13/h2-3,5-6,13,16H,4,7-11H2,1H3. The summed E-state index contributed by atoms with van der Waals surface area (Å²) in [6, 6.07) is 8.79. The number of hydrogen-bond donors (Lipinski definition) is 1. The van der Waals surface area contributed by atoms with E-state index in [9.17, 15) is 0 Å². The molecule has 0 radical (unpaired) electrons. The molecule has 0 amide bonds. The van der Waals surface area contributed by atoms with Crippen molar-refractivity contribution < 1.29 is 4.74 Å². The molecule has 2 heteroatoms. The van der Waals surface area contributed by atoms with Crippen LogP contribution in [0.25, 0.3) is 0 Å². The van der Waals surface area contributed by atoms with Gasteiger partial charge in [0, 0.05) is 25.6 Å². The Labute approximate surface area is 103 Å². The van der Waals surface area contributed by atoms with Crippen molar-refractivity contribution in [3.63, 3.8) is 0 Å². The molecule has 1 heterocycles. The van der Waals surface area contributed by atoms with Gasteiger partial charge in [0.15, 0.2) is 0 Å². The summed E-state index contributed by atoms with van der Waals surface area (Å²) in [5.41, 5.74) is 3.16. The average molecular weight is 231 g/mol. The highest BCUT2D eigenvalue weighted by molar-refractivity contribution is 5.40. The highest BCUT2D eigenvalue weighted by Gasteiger charge is 2.30. The number of ether oxygens (including phenoxy) is 1. The summed E-state index contributed by atoms with van der Waals surface area (Å²) in [6.07, 6.45) is 3.65. The molecule has 1 N–H and O–H groups in total. The summed E-state index contributed by atoms with van der Waals surface area (Å²) in [7, 11) is 0. The maximum absolute atomic E-state index is 5.78. The van der Waals surface area contributed by atoms with Gasteiger partial charge in [0.25, 0.3) is 0 Å². The van der Waals surface area contributed by atoms with Gasteiger partial charge in [-0.25, -0.2) is 0 Å². The quantitative estimate of drug-likeness (QED) is 0.859. The van der Waals surface area contributed by atoms with Crippen molar-refractivity contribution in [1.29, 1.82) is 0 Å². The summed E-state index contributed by atoms with van der Waals surface area (Å²) in [5.74, 6) is 0.719. The molecular formula is C15H21NO. The molecule has 1 aliphatic carbocycles. The highest BCUT2D eigenvalue weighted by Crippen LogP contribution is 2.34. The van der Waals surface area contributed by atoms with Crippen LogP contribution in [0.4, 0.5) is 0 Å². The minimum absolute atomic E-state index is 0.0866. The van der Waals surface area contributed by atoms with Gasteiger partial charge in [-0.2, -0.15) is 0 Å². The molecule has 3 rings (SSSR count). The maximum Gasteiger partial charge on any atom is 0.0779 e. The van der Waals surface area contributed by atoms with Gasteiger partial charge >= 0.3 is 0 Å². The van der Waals surface area contributed by atoms with Gasteiger partial charge in [-0.05, 0) is 37.3 Å². The van der Waals surface area contributed by atoms with Crippen molar-refractivity contribution in [2.24, 2.45) is 0 Å². The lowest BCUT2D eigenvalue weighted by Crippen LogP contribution is -2.40. The zero-order valence-electron chi connectivity index (χ0n) is 10.5. The number of nitrogens with one attached hydrogen (secondary N) is 1. The van der Waals surface area contributed by atoms with Crippen LogP contribution in [0.5, 0.6) is 0 Å². The smallest absolute Gasteiger partial charge is 0.0779 e. The Morgan fingerprint density at radius 3 is 3.06 bits per heavy atom. The molecule has 2 atom stereocenters.